The number of aromatic carboxylic acids is 1. The Labute approximate surface area is 118 Å². The number of nitrogens with zero attached hydrogens (tertiary/aromatic N) is 3. The summed E-state index contributed by atoms with van der Waals surface area (Å²) in [5.74, 6) is -1.19. The number of nitriles is 1. The lowest BCUT2D eigenvalue weighted by Crippen LogP contribution is -2.37. The van der Waals surface area contributed by atoms with Crippen LogP contribution in [0.15, 0.2) is 17.2 Å². The third-order valence-corrected chi connectivity index (χ3v) is 4.87. The van der Waals surface area contributed by atoms with E-state index in [2.05, 4.69) is 0 Å². The number of aryl methyl sites for hydroxylation is 1. The SMILES string of the molecule is CC(C)N(CCC#N)S(=O)(=O)c1cc(C(=O)O)n(C)c1. The van der Waals surface area contributed by atoms with E-state index in [1.807, 2.05) is 6.07 Å². The lowest BCUT2D eigenvalue weighted by Gasteiger charge is -2.24. The van der Waals surface area contributed by atoms with Gasteiger partial charge in [-0.15, -0.1) is 0 Å². The molecular formula is C12H17N3O4S. The van der Waals surface area contributed by atoms with Crippen LogP contribution in [-0.4, -0.2) is 41.0 Å². The Morgan fingerprint density at radius 1 is 1.55 bits per heavy atom. The molecule has 110 valence electrons. The van der Waals surface area contributed by atoms with Gasteiger partial charge in [-0.2, -0.15) is 9.57 Å². The smallest absolute Gasteiger partial charge is 0.352 e. The number of carbonyl (C=O) groups is 1. The highest BCUT2D eigenvalue weighted by Gasteiger charge is 2.29. The fraction of sp³-hybridized carbons (Fsp3) is 0.500. The Kier molecular flexibility index (Phi) is 4.92. The van der Waals surface area contributed by atoms with Crippen molar-refractivity contribution in [2.75, 3.05) is 6.54 Å². The minimum atomic E-state index is -3.81. The van der Waals surface area contributed by atoms with Crippen molar-refractivity contribution in [3.63, 3.8) is 0 Å². The number of carboxylic acid groups (broad SMARTS) is 1. The predicted octanol–water partition coefficient (Wildman–Crippen LogP) is 1.04. The summed E-state index contributed by atoms with van der Waals surface area (Å²) >= 11 is 0. The van der Waals surface area contributed by atoms with Gasteiger partial charge in [-0.3, -0.25) is 0 Å². The van der Waals surface area contributed by atoms with E-state index >= 15 is 0 Å². The van der Waals surface area contributed by atoms with Gasteiger partial charge >= 0.3 is 5.97 Å². The molecule has 0 saturated heterocycles. The zero-order valence-corrected chi connectivity index (χ0v) is 12.4. The highest BCUT2D eigenvalue weighted by atomic mass is 32.2. The first-order valence-corrected chi connectivity index (χ1v) is 7.44. The summed E-state index contributed by atoms with van der Waals surface area (Å²) in [6.45, 7) is 3.49. The van der Waals surface area contributed by atoms with Crippen LogP contribution >= 0.6 is 0 Å². The Hall–Kier alpha value is -1.85. The van der Waals surface area contributed by atoms with E-state index in [0.717, 1.165) is 6.07 Å². The minimum Gasteiger partial charge on any atom is -0.477 e. The maximum Gasteiger partial charge on any atom is 0.352 e. The summed E-state index contributed by atoms with van der Waals surface area (Å²) in [6.07, 6.45) is 1.34. The van der Waals surface area contributed by atoms with Gasteiger partial charge in [-0.25, -0.2) is 13.2 Å². The summed E-state index contributed by atoms with van der Waals surface area (Å²) in [6, 6.07) is 2.71. The number of aromatic nitrogens is 1. The van der Waals surface area contributed by atoms with Crippen molar-refractivity contribution in [1.29, 1.82) is 5.26 Å². The summed E-state index contributed by atoms with van der Waals surface area (Å²) in [4.78, 5) is 10.9. The number of rotatable bonds is 6. The first-order valence-electron chi connectivity index (χ1n) is 6.00. The molecule has 1 heterocycles. The van der Waals surface area contributed by atoms with Gasteiger partial charge in [0, 0.05) is 32.3 Å². The molecule has 8 heteroatoms. The molecule has 0 aromatic carbocycles. The van der Waals surface area contributed by atoms with Crippen molar-refractivity contribution in [1.82, 2.24) is 8.87 Å². The van der Waals surface area contributed by atoms with Crippen molar-refractivity contribution in [2.24, 2.45) is 7.05 Å². The molecule has 1 aromatic heterocycles. The summed E-state index contributed by atoms with van der Waals surface area (Å²) in [5.41, 5.74) is -0.104. The molecular weight excluding hydrogens is 282 g/mol. The van der Waals surface area contributed by atoms with Gasteiger partial charge in [0.2, 0.25) is 10.0 Å². The van der Waals surface area contributed by atoms with E-state index < -0.39 is 16.0 Å². The minimum absolute atomic E-state index is 0.0772. The second-order valence-corrected chi connectivity index (χ2v) is 6.49. The second-order valence-electron chi connectivity index (χ2n) is 4.59. The third-order valence-electron chi connectivity index (χ3n) is 2.83. The Balaban J connectivity index is 3.23. The molecule has 0 amide bonds. The zero-order chi connectivity index (χ0) is 15.5. The van der Waals surface area contributed by atoms with Crippen LogP contribution in [0.3, 0.4) is 0 Å². The highest BCUT2D eigenvalue weighted by molar-refractivity contribution is 7.89. The molecule has 1 N–H and O–H groups in total. The molecule has 0 fully saturated rings. The molecule has 0 aliphatic heterocycles. The predicted molar refractivity (Wildman–Crippen MR) is 71.6 cm³/mol. The second kappa shape index (κ2) is 6.07. The van der Waals surface area contributed by atoms with Crippen molar-refractivity contribution in [3.8, 4) is 6.07 Å². The van der Waals surface area contributed by atoms with Crippen LogP contribution in [0.5, 0.6) is 0 Å². The lowest BCUT2D eigenvalue weighted by molar-refractivity contribution is 0.0686. The molecule has 0 saturated carbocycles. The van der Waals surface area contributed by atoms with Gasteiger partial charge in [0.25, 0.3) is 0 Å². The molecule has 1 aromatic rings. The molecule has 1 rings (SSSR count). The fourth-order valence-electron chi connectivity index (χ4n) is 1.84. The third kappa shape index (κ3) is 3.18. The molecule has 20 heavy (non-hydrogen) atoms. The van der Waals surface area contributed by atoms with E-state index in [4.69, 9.17) is 10.4 Å². The van der Waals surface area contributed by atoms with Gasteiger partial charge in [-0.05, 0) is 19.9 Å². The van der Waals surface area contributed by atoms with Crippen LogP contribution in [0.4, 0.5) is 0 Å². The topological polar surface area (TPSA) is 103 Å². The van der Waals surface area contributed by atoms with Gasteiger partial charge in [0.15, 0.2) is 0 Å². The number of hydrogen-bond donors (Lipinski definition) is 1. The van der Waals surface area contributed by atoms with Crippen LogP contribution in [0, 0.1) is 11.3 Å². The largest absolute Gasteiger partial charge is 0.477 e. The van der Waals surface area contributed by atoms with Gasteiger partial charge in [-0.1, -0.05) is 0 Å². The molecule has 0 bridgehead atoms. The van der Waals surface area contributed by atoms with E-state index in [1.54, 1.807) is 13.8 Å². The molecule has 0 unspecified atom stereocenters. The Bertz CT molecular complexity index is 640. The molecule has 0 atom stereocenters. The summed E-state index contributed by atoms with van der Waals surface area (Å²) in [5, 5.41) is 17.6. The molecule has 0 radical (unpaired) electrons. The van der Waals surface area contributed by atoms with Gasteiger partial charge in [0.1, 0.15) is 10.6 Å². The van der Waals surface area contributed by atoms with Crippen LogP contribution in [0.1, 0.15) is 30.8 Å². The van der Waals surface area contributed by atoms with Gasteiger partial charge < -0.3 is 9.67 Å². The zero-order valence-electron chi connectivity index (χ0n) is 11.6. The van der Waals surface area contributed by atoms with Crippen molar-refractivity contribution < 1.29 is 18.3 Å². The summed E-state index contributed by atoms with van der Waals surface area (Å²) in [7, 11) is -2.34. The average Bonchev–Trinajstić information content (AvgIpc) is 2.72. The van der Waals surface area contributed by atoms with E-state index in [0.29, 0.717) is 0 Å². The van der Waals surface area contributed by atoms with E-state index in [-0.39, 0.29) is 29.6 Å². The average molecular weight is 299 g/mol. The molecule has 7 nitrogen and oxygen atoms in total. The number of carboxylic acids is 1. The molecule has 0 aliphatic carbocycles. The standard InChI is InChI=1S/C12H17N3O4S/c1-9(2)15(6-4-5-13)20(18,19)10-7-11(12(16)17)14(3)8-10/h7-9H,4,6H2,1-3H3,(H,16,17). The Morgan fingerprint density at radius 2 is 2.15 bits per heavy atom. The molecule has 0 spiro atoms. The lowest BCUT2D eigenvalue weighted by atomic mass is 10.3. The van der Waals surface area contributed by atoms with E-state index in [1.165, 1.54) is 22.1 Å². The quantitative estimate of drug-likeness (QED) is 0.845. The first kappa shape index (κ1) is 16.2. The number of hydrogen-bond acceptors (Lipinski definition) is 4. The monoisotopic (exact) mass is 299 g/mol. The maximum absolute atomic E-state index is 12.5. The van der Waals surface area contributed by atoms with Crippen molar-refractivity contribution in [3.05, 3.63) is 18.0 Å². The molecule has 0 aliphatic rings. The number of sulfonamides is 1. The maximum atomic E-state index is 12.5. The van der Waals surface area contributed by atoms with Crippen molar-refractivity contribution in [2.45, 2.75) is 31.2 Å². The first-order chi connectivity index (χ1) is 9.21. The summed E-state index contributed by atoms with van der Waals surface area (Å²) < 4.78 is 27.4. The highest BCUT2D eigenvalue weighted by Crippen LogP contribution is 2.20. The fourth-order valence-corrected chi connectivity index (χ4v) is 3.55. The van der Waals surface area contributed by atoms with Crippen LogP contribution in [0.25, 0.3) is 0 Å². The van der Waals surface area contributed by atoms with Gasteiger partial charge in [0.05, 0.1) is 6.07 Å². The van der Waals surface area contributed by atoms with Crippen molar-refractivity contribution >= 4 is 16.0 Å². The van der Waals surface area contributed by atoms with Crippen LogP contribution in [-0.2, 0) is 17.1 Å². The van der Waals surface area contributed by atoms with Crippen LogP contribution in [0.2, 0.25) is 0 Å². The normalized spacial score (nSPS) is 11.8. The van der Waals surface area contributed by atoms with E-state index in [9.17, 15) is 13.2 Å². The Morgan fingerprint density at radius 3 is 2.55 bits per heavy atom. The van der Waals surface area contributed by atoms with Crippen LogP contribution < -0.4 is 0 Å².